The Morgan fingerprint density at radius 1 is 1.22 bits per heavy atom. The topological polar surface area (TPSA) is 58.8 Å². The molecule has 0 spiro atoms. The highest BCUT2D eigenvalue weighted by molar-refractivity contribution is 5.76. The van der Waals surface area contributed by atoms with Crippen LogP contribution < -0.4 is 5.73 Å². The van der Waals surface area contributed by atoms with Gasteiger partial charge >= 0.3 is 0 Å². The molecule has 1 amide bonds. The van der Waals surface area contributed by atoms with Crippen LogP contribution >= 0.6 is 0 Å². The van der Waals surface area contributed by atoms with E-state index in [1.54, 1.807) is 0 Å². The Balaban J connectivity index is 2.11. The molecule has 106 valence electrons. The second-order valence-corrected chi connectivity index (χ2v) is 4.67. The zero-order chi connectivity index (χ0) is 13.2. The van der Waals surface area contributed by atoms with Crippen molar-refractivity contribution >= 4 is 5.91 Å². The fraction of sp³-hybridized carbons (Fsp3) is 0.923. The molecule has 0 aromatic heterocycles. The van der Waals surface area contributed by atoms with E-state index in [0.29, 0.717) is 13.0 Å². The van der Waals surface area contributed by atoms with Crippen LogP contribution in [0.4, 0.5) is 0 Å². The van der Waals surface area contributed by atoms with Crippen LogP contribution in [0.1, 0.15) is 26.2 Å². The Morgan fingerprint density at radius 3 is 2.56 bits per heavy atom. The molecule has 0 aromatic carbocycles. The number of piperazine rings is 1. The maximum Gasteiger partial charge on any atom is 0.222 e. The fourth-order valence-corrected chi connectivity index (χ4v) is 2.16. The first-order valence-electron chi connectivity index (χ1n) is 7.06. The number of carbonyl (C=O) groups is 1. The molecule has 0 atom stereocenters. The van der Waals surface area contributed by atoms with E-state index < -0.39 is 0 Å². The van der Waals surface area contributed by atoms with Gasteiger partial charge in [-0.1, -0.05) is 0 Å². The normalized spacial score (nSPS) is 17.1. The zero-order valence-corrected chi connectivity index (χ0v) is 11.6. The summed E-state index contributed by atoms with van der Waals surface area (Å²) in [5.41, 5.74) is 5.50. The number of hydrogen-bond donors (Lipinski definition) is 1. The summed E-state index contributed by atoms with van der Waals surface area (Å²) in [5, 5.41) is 0. The van der Waals surface area contributed by atoms with Crippen molar-refractivity contribution in [2.75, 3.05) is 52.5 Å². The number of rotatable bonds is 8. The summed E-state index contributed by atoms with van der Waals surface area (Å²) >= 11 is 0. The molecule has 0 unspecified atom stereocenters. The molecule has 1 heterocycles. The van der Waals surface area contributed by atoms with Crippen molar-refractivity contribution in [2.24, 2.45) is 5.73 Å². The van der Waals surface area contributed by atoms with Gasteiger partial charge in [0.1, 0.15) is 0 Å². The maximum absolute atomic E-state index is 11.9. The molecule has 0 aromatic rings. The lowest BCUT2D eigenvalue weighted by molar-refractivity contribution is -0.133. The second kappa shape index (κ2) is 9.30. The molecular weight excluding hydrogens is 230 g/mol. The first-order valence-corrected chi connectivity index (χ1v) is 7.06. The first-order chi connectivity index (χ1) is 8.77. The van der Waals surface area contributed by atoms with Crippen LogP contribution in [0.5, 0.6) is 0 Å². The van der Waals surface area contributed by atoms with Crippen LogP contribution in [0, 0.1) is 0 Å². The maximum atomic E-state index is 11.9. The van der Waals surface area contributed by atoms with Gasteiger partial charge in [0, 0.05) is 45.8 Å². The van der Waals surface area contributed by atoms with Gasteiger partial charge in [0.2, 0.25) is 5.91 Å². The largest absolute Gasteiger partial charge is 0.382 e. The number of nitrogens with two attached hydrogens (primary N) is 1. The van der Waals surface area contributed by atoms with Crippen LogP contribution in [0.25, 0.3) is 0 Å². The predicted octanol–water partition coefficient (Wildman–Crippen LogP) is 0.296. The van der Waals surface area contributed by atoms with Gasteiger partial charge in [-0.05, 0) is 32.9 Å². The highest BCUT2D eigenvalue weighted by atomic mass is 16.5. The van der Waals surface area contributed by atoms with Gasteiger partial charge in [-0.25, -0.2) is 0 Å². The lowest BCUT2D eigenvalue weighted by atomic mass is 10.2. The summed E-state index contributed by atoms with van der Waals surface area (Å²) in [6, 6.07) is 0. The van der Waals surface area contributed by atoms with Crippen LogP contribution in [-0.4, -0.2) is 68.2 Å². The molecule has 1 rings (SSSR count). The Kier molecular flexibility index (Phi) is 7.96. The average molecular weight is 257 g/mol. The van der Waals surface area contributed by atoms with Gasteiger partial charge in [-0.3, -0.25) is 9.69 Å². The van der Waals surface area contributed by atoms with Crippen LogP contribution in [0.2, 0.25) is 0 Å². The summed E-state index contributed by atoms with van der Waals surface area (Å²) < 4.78 is 5.24. The first kappa shape index (κ1) is 15.4. The van der Waals surface area contributed by atoms with Crippen molar-refractivity contribution in [3.05, 3.63) is 0 Å². The number of hydrogen-bond acceptors (Lipinski definition) is 4. The number of amides is 1. The monoisotopic (exact) mass is 257 g/mol. The number of nitrogens with zero attached hydrogens (tertiary/aromatic N) is 2. The second-order valence-electron chi connectivity index (χ2n) is 4.67. The summed E-state index contributed by atoms with van der Waals surface area (Å²) in [7, 11) is 0. The van der Waals surface area contributed by atoms with Gasteiger partial charge in [0.05, 0.1) is 0 Å². The molecule has 0 saturated carbocycles. The van der Waals surface area contributed by atoms with E-state index >= 15 is 0 Å². The van der Waals surface area contributed by atoms with Crippen molar-refractivity contribution < 1.29 is 9.53 Å². The summed E-state index contributed by atoms with van der Waals surface area (Å²) in [6.07, 6.45) is 2.49. The number of ether oxygens (including phenoxy) is 1. The van der Waals surface area contributed by atoms with Gasteiger partial charge < -0.3 is 15.4 Å². The Labute approximate surface area is 110 Å². The lowest BCUT2D eigenvalue weighted by Gasteiger charge is -2.34. The molecular formula is C13H27N3O2. The standard InChI is InChI=1S/C13H27N3O2/c1-2-18-12-3-5-13(17)16-10-8-15(9-11-16)7-4-6-14/h2-12,14H2,1H3. The third kappa shape index (κ3) is 5.80. The summed E-state index contributed by atoms with van der Waals surface area (Å²) in [5.74, 6) is 0.271. The molecule has 0 aliphatic carbocycles. The van der Waals surface area contributed by atoms with Gasteiger partial charge in [-0.2, -0.15) is 0 Å². The highest BCUT2D eigenvalue weighted by Crippen LogP contribution is 2.05. The van der Waals surface area contributed by atoms with Gasteiger partial charge in [0.25, 0.3) is 0 Å². The Bertz CT molecular complexity index is 228. The summed E-state index contributed by atoms with van der Waals surface area (Å²) in [6.45, 7) is 8.89. The SMILES string of the molecule is CCOCCCC(=O)N1CCN(CCCN)CC1. The fourth-order valence-electron chi connectivity index (χ4n) is 2.16. The summed E-state index contributed by atoms with van der Waals surface area (Å²) in [4.78, 5) is 16.3. The van der Waals surface area contributed by atoms with Gasteiger partial charge in [0.15, 0.2) is 0 Å². The van der Waals surface area contributed by atoms with E-state index in [1.165, 1.54) is 0 Å². The minimum absolute atomic E-state index is 0.271. The molecule has 1 aliphatic rings. The third-order valence-electron chi connectivity index (χ3n) is 3.29. The van der Waals surface area contributed by atoms with Crippen molar-refractivity contribution in [1.29, 1.82) is 0 Å². The smallest absolute Gasteiger partial charge is 0.222 e. The average Bonchev–Trinajstić information content (AvgIpc) is 2.41. The van der Waals surface area contributed by atoms with E-state index in [9.17, 15) is 4.79 Å². The quantitative estimate of drug-likeness (QED) is 0.635. The predicted molar refractivity (Wildman–Crippen MR) is 72.4 cm³/mol. The van der Waals surface area contributed by atoms with Crippen molar-refractivity contribution in [2.45, 2.75) is 26.2 Å². The van der Waals surface area contributed by atoms with Crippen LogP contribution in [0.3, 0.4) is 0 Å². The van der Waals surface area contributed by atoms with Crippen LogP contribution in [-0.2, 0) is 9.53 Å². The minimum atomic E-state index is 0.271. The van der Waals surface area contributed by atoms with Crippen molar-refractivity contribution in [3.63, 3.8) is 0 Å². The molecule has 1 aliphatic heterocycles. The number of carbonyl (C=O) groups excluding carboxylic acids is 1. The van der Waals surface area contributed by atoms with E-state index in [2.05, 4.69) is 4.90 Å². The van der Waals surface area contributed by atoms with E-state index in [-0.39, 0.29) is 5.91 Å². The van der Waals surface area contributed by atoms with E-state index in [1.807, 2.05) is 11.8 Å². The molecule has 0 bridgehead atoms. The molecule has 0 radical (unpaired) electrons. The molecule has 18 heavy (non-hydrogen) atoms. The lowest BCUT2D eigenvalue weighted by Crippen LogP contribution is -2.49. The van der Waals surface area contributed by atoms with Crippen LogP contribution in [0.15, 0.2) is 0 Å². The van der Waals surface area contributed by atoms with E-state index in [0.717, 1.165) is 58.7 Å². The van der Waals surface area contributed by atoms with E-state index in [4.69, 9.17) is 10.5 Å². The highest BCUT2D eigenvalue weighted by Gasteiger charge is 2.19. The van der Waals surface area contributed by atoms with Crippen molar-refractivity contribution in [1.82, 2.24) is 9.80 Å². The molecule has 1 fully saturated rings. The molecule has 5 heteroatoms. The molecule has 1 saturated heterocycles. The third-order valence-corrected chi connectivity index (χ3v) is 3.29. The van der Waals surface area contributed by atoms with Crippen molar-refractivity contribution in [3.8, 4) is 0 Å². The zero-order valence-electron chi connectivity index (χ0n) is 11.6. The minimum Gasteiger partial charge on any atom is -0.382 e. The van der Waals surface area contributed by atoms with Gasteiger partial charge in [-0.15, -0.1) is 0 Å². The Morgan fingerprint density at radius 2 is 1.94 bits per heavy atom. The molecule has 5 nitrogen and oxygen atoms in total. The Hall–Kier alpha value is -0.650. The molecule has 2 N–H and O–H groups in total.